The van der Waals surface area contributed by atoms with E-state index in [0.29, 0.717) is 6.04 Å². The second-order valence-corrected chi connectivity index (χ2v) is 8.14. The molecule has 3 heteroatoms. The van der Waals surface area contributed by atoms with Crippen molar-refractivity contribution in [1.82, 2.24) is 0 Å². The summed E-state index contributed by atoms with van der Waals surface area (Å²) < 4.78 is 0. The summed E-state index contributed by atoms with van der Waals surface area (Å²) in [6, 6.07) is 32.8. The van der Waals surface area contributed by atoms with Crippen LogP contribution in [0, 0.1) is 0 Å². The van der Waals surface area contributed by atoms with Crippen LogP contribution in [0.2, 0.25) is 0 Å². The predicted molar refractivity (Wildman–Crippen MR) is 107 cm³/mol. The van der Waals surface area contributed by atoms with Crippen molar-refractivity contribution in [1.29, 1.82) is 0 Å². The van der Waals surface area contributed by atoms with Gasteiger partial charge in [0.05, 0.1) is 0 Å². The Morgan fingerprint density at radius 2 is 1.16 bits per heavy atom. The molecule has 0 heterocycles. The van der Waals surface area contributed by atoms with Crippen molar-refractivity contribution in [2.45, 2.75) is 12.5 Å². The second-order valence-electron chi connectivity index (χ2n) is 5.88. The molecule has 0 radical (unpaired) electrons. The first kappa shape index (κ1) is 20.0. The van der Waals surface area contributed by atoms with Crippen LogP contribution in [0.4, 0.5) is 0 Å². The zero-order chi connectivity index (χ0) is 16.6. The number of benzene rings is 3. The van der Waals surface area contributed by atoms with Crippen LogP contribution in [0.1, 0.15) is 5.56 Å². The first-order valence-corrected chi connectivity index (χ1v) is 9.90. The molecule has 3 aromatic rings. The van der Waals surface area contributed by atoms with Crippen molar-refractivity contribution in [3.63, 3.8) is 0 Å². The Hall–Kier alpha value is -1.35. The van der Waals surface area contributed by atoms with Crippen molar-refractivity contribution >= 4 is 18.5 Å². The zero-order valence-corrected chi connectivity index (χ0v) is 15.9. The van der Waals surface area contributed by atoms with Gasteiger partial charge in [-0.25, -0.2) is 0 Å². The molecule has 0 saturated heterocycles. The van der Waals surface area contributed by atoms with Gasteiger partial charge in [0.1, 0.15) is 0 Å². The van der Waals surface area contributed by atoms with Gasteiger partial charge in [-0.15, -0.1) is 6.04 Å². The van der Waals surface area contributed by atoms with Crippen LogP contribution in [0.25, 0.3) is 5.32 Å². The van der Waals surface area contributed by atoms with Gasteiger partial charge in [0, 0.05) is 0 Å². The molecule has 0 fully saturated rings. The summed E-state index contributed by atoms with van der Waals surface area (Å²) in [6.07, 6.45) is 2.10. The van der Waals surface area contributed by atoms with Gasteiger partial charge in [-0.05, 0) is 36.7 Å². The van der Waals surface area contributed by atoms with Gasteiger partial charge >= 0.3 is 18.9 Å². The molecule has 0 unspecified atom stereocenters. The number of hydrogen-bond donors (Lipinski definition) is 0. The summed E-state index contributed by atoms with van der Waals surface area (Å²) >= 11 is 0. The summed E-state index contributed by atoms with van der Waals surface area (Å²) in [6.45, 7) is 0. The third kappa shape index (κ3) is 5.84. The van der Waals surface area contributed by atoms with Crippen molar-refractivity contribution in [3.8, 4) is 0 Å². The van der Waals surface area contributed by atoms with Crippen molar-refractivity contribution in [2.24, 2.45) is 0 Å². The molecule has 0 aliphatic rings. The van der Waals surface area contributed by atoms with E-state index < -0.39 is 0 Å². The standard InChI is InChI=1S/C22H23NP.Li/c1-23-20(17-19-11-5-2-6-12-19)18-24(21-13-7-3-8-14-21)22-15-9-4-10-16-22;/h2-16,20H,17-18H2,1H3;/q-1;+1/t20-;/m0./s1. The van der Waals surface area contributed by atoms with Gasteiger partial charge in [0.2, 0.25) is 0 Å². The molecule has 3 aromatic carbocycles. The maximum atomic E-state index is 4.69. The Morgan fingerprint density at radius 1 is 0.720 bits per heavy atom. The molecule has 122 valence electrons. The largest absolute Gasteiger partial charge is 1.00 e. The van der Waals surface area contributed by atoms with Crippen molar-refractivity contribution in [2.75, 3.05) is 13.2 Å². The minimum atomic E-state index is -0.386. The Labute approximate surface area is 164 Å². The van der Waals surface area contributed by atoms with E-state index >= 15 is 0 Å². The van der Waals surface area contributed by atoms with E-state index in [0.717, 1.165) is 12.6 Å². The van der Waals surface area contributed by atoms with Gasteiger partial charge in [0.25, 0.3) is 0 Å². The molecule has 1 nitrogen and oxygen atoms in total. The Bertz CT molecular complexity index is 679. The maximum Gasteiger partial charge on any atom is 1.00 e. The molecular weight excluding hydrogens is 316 g/mol. The monoisotopic (exact) mass is 339 g/mol. The fourth-order valence-electron chi connectivity index (χ4n) is 2.91. The average Bonchev–Trinajstić information content (AvgIpc) is 2.67. The van der Waals surface area contributed by atoms with E-state index in [2.05, 4.69) is 91.0 Å². The minimum Gasteiger partial charge on any atom is -0.662 e. The van der Waals surface area contributed by atoms with Gasteiger partial charge in [-0.1, -0.05) is 91.0 Å². The molecule has 25 heavy (non-hydrogen) atoms. The van der Waals surface area contributed by atoms with Gasteiger partial charge < -0.3 is 5.32 Å². The average molecular weight is 339 g/mol. The van der Waals surface area contributed by atoms with E-state index in [-0.39, 0.29) is 26.8 Å². The molecule has 1 atom stereocenters. The molecule has 0 spiro atoms. The van der Waals surface area contributed by atoms with Crippen LogP contribution in [0.5, 0.6) is 0 Å². The molecule has 0 aliphatic carbocycles. The van der Waals surface area contributed by atoms with Crippen LogP contribution < -0.4 is 29.5 Å². The summed E-state index contributed by atoms with van der Waals surface area (Å²) in [5.41, 5.74) is 1.36. The quantitative estimate of drug-likeness (QED) is 0.460. The van der Waals surface area contributed by atoms with Crippen LogP contribution in [-0.2, 0) is 6.42 Å². The van der Waals surface area contributed by atoms with Gasteiger partial charge in [0.15, 0.2) is 0 Å². The predicted octanol–water partition coefficient (Wildman–Crippen LogP) is 1.74. The molecule has 0 N–H and O–H groups in total. The first-order chi connectivity index (χ1) is 11.9. The smallest absolute Gasteiger partial charge is 0.662 e. The number of hydrogen-bond acceptors (Lipinski definition) is 0. The summed E-state index contributed by atoms with van der Waals surface area (Å²) in [5, 5.41) is 7.55. The minimum absolute atomic E-state index is 0. The van der Waals surface area contributed by atoms with Crippen LogP contribution in [0.15, 0.2) is 91.0 Å². The van der Waals surface area contributed by atoms with Gasteiger partial charge in [-0.2, -0.15) is 7.05 Å². The maximum absolute atomic E-state index is 4.69. The Balaban J connectivity index is 0.00000225. The van der Waals surface area contributed by atoms with Crippen LogP contribution >= 0.6 is 7.92 Å². The number of likely N-dealkylation sites (N-methyl/N-ethyl adjacent to an activating group) is 1. The van der Waals surface area contributed by atoms with E-state index in [1.165, 1.54) is 16.2 Å². The molecule has 0 saturated carbocycles. The van der Waals surface area contributed by atoms with Crippen LogP contribution in [-0.4, -0.2) is 19.3 Å². The van der Waals surface area contributed by atoms with Crippen LogP contribution in [0.3, 0.4) is 0 Å². The third-order valence-electron chi connectivity index (χ3n) is 4.21. The van der Waals surface area contributed by atoms with Crippen molar-refractivity contribution in [3.05, 3.63) is 102 Å². The Kier molecular flexibility index (Phi) is 8.46. The SMILES string of the molecule is C[N-][C@@H](Cc1ccccc1)CP(c1ccccc1)c1ccccc1.[Li+]. The Morgan fingerprint density at radius 3 is 1.60 bits per heavy atom. The molecule has 0 aliphatic heterocycles. The van der Waals surface area contributed by atoms with E-state index in [1.807, 2.05) is 7.05 Å². The first-order valence-electron chi connectivity index (χ1n) is 8.37. The third-order valence-corrected chi connectivity index (χ3v) is 6.84. The van der Waals surface area contributed by atoms with Gasteiger partial charge in [-0.3, -0.25) is 0 Å². The van der Waals surface area contributed by atoms with Crippen molar-refractivity contribution < 1.29 is 18.9 Å². The second kappa shape index (κ2) is 10.6. The fraction of sp³-hybridized carbons (Fsp3) is 0.182. The summed E-state index contributed by atoms with van der Waals surface area (Å²) in [5.74, 6) is 0. The summed E-state index contributed by atoms with van der Waals surface area (Å²) in [7, 11) is 1.57. The van der Waals surface area contributed by atoms with E-state index in [9.17, 15) is 0 Å². The molecular formula is C22H23LiNP. The number of nitrogens with zero attached hydrogens (tertiary/aromatic N) is 1. The number of rotatable bonds is 7. The summed E-state index contributed by atoms with van der Waals surface area (Å²) in [4.78, 5) is 0. The zero-order valence-electron chi connectivity index (χ0n) is 15.0. The van der Waals surface area contributed by atoms with E-state index in [4.69, 9.17) is 5.32 Å². The fourth-order valence-corrected chi connectivity index (χ4v) is 5.41. The molecule has 0 aromatic heterocycles. The molecule has 0 amide bonds. The molecule has 0 bridgehead atoms. The van der Waals surface area contributed by atoms with E-state index in [1.54, 1.807) is 0 Å². The normalized spacial score (nSPS) is 11.8. The molecule has 3 rings (SSSR count). The topological polar surface area (TPSA) is 14.1 Å².